The van der Waals surface area contributed by atoms with E-state index in [0.717, 1.165) is 5.56 Å². The van der Waals surface area contributed by atoms with Crippen LogP contribution in [0, 0.1) is 16.2 Å². The normalized spacial score (nSPS) is 22.8. The van der Waals surface area contributed by atoms with Crippen molar-refractivity contribution in [2.45, 2.75) is 99.4 Å². The van der Waals surface area contributed by atoms with Gasteiger partial charge in [0, 0.05) is 0 Å². The maximum Gasteiger partial charge on any atom is 0.311 e. The van der Waals surface area contributed by atoms with E-state index >= 15 is 0 Å². The smallest absolute Gasteiger partial charge is 0.311 e. The van der Waals surface area contributed by atoms with Gasteiger partial charge in [-0.3, -0.25) is 14.4 Å². The molecule has 2 aromatic carbocycles. The SMILES string of the molecule is CC(C)(C)C(=O)OC[C@H]1O[C@H](c2cccc(OCc3ccccc3)c2)[C@H](O)[C@@H](OC(=O)C(C)(C)C)[C@@H]1OC(=O)C(C)(C)C. The molecule has 2 aromatic rings. The van der Waals surface area contributed by atoms with Crippen LogP contribution in [0.3, 0.4) is 0 Å². The highest BCUT2D eigenvalue weighted by atomic mass is 16.6. The lowest BCUT2D eigenvalue weighted by Crippen LogP contribution is -2.59. The Labute approximate surface area is 254 Å². The molecule has 1 fully saturated rings. The first-order valence-electron chi connectivity index (χ1n) is 14.6. The Hall–Kier alpha value is -3.43. The zero-order valence-corrected chi connectivity index (χ0v) is 26.7. The van der Waals surface area contributed by atoms with Gasteiger partial charge in [-0.05, 0) is 85.6 Å². The molecule has 1 aliphatic heterocycles. The van der Waals surface area contributed by atoms with Crippen LogP contribution in [0.4, 0.5) is 0 Å². The van der Waals surface area contributed by atoms with Gasteiger partial charge in [0.25, 0.3) is 0 Å². The molecule has 0 radical (unpaired) electrons. The van der Waals surface area contributed by atoms with Crippen molar-refractivity contribution in [2.75, 3.05) is 6.61 Å². The van der Waals surface area contributed by atoms with Gasteiger partial charge in [-0.1, -0.05) is 42.5 Å². The van der Waals surface area contributed by atoms with Crippen molar-refractivity contribution >= 4 is 17.9 Å². The van der Waals surface area contributed by atoms with Crippen molar-refractivity contribution in [2.24, 2.45) is 16.2 Å². The van der Waals surface area contributed by atoms with E-state index in [2.05, 4.69) is 0 Å². The van der Waals surface area contributed by atoms with Crippen molar-refractivity contribution in [1.29, 1.82) is 0 Å². The van der Waals surface area contributed by atoms with Gasteiger partial charge in [0.2, 0.25) is 0 Å². The molecule has 0 saturated carbocycles. The van der Waals surface area contributed by atoms with Crippen LogP contribution < -0.4 is 4.74 Å². The fraction of sp³-hybridized carbons (Fsp3) is 0.559. The second-order valence-corrected chi connectivity index (χ2v) is 14.0. The van der Waals surface area contributed by atoms with Crippen LogP contribution in [0.15, 0.2) is 54.6 Å². The van der Waals surface area contributed by atoms with E-state index < -0.39 is 64.7 Å². The fourth-order valence-corrected chi connectivity index (χ4v) is 4.11. The molecule has 9 nitrogen and oxygen atoms in total. The van der Waals surface area contributed by atoms with Crippen LogP contribution in [0.2, 0.25) is 0 Å². The lowest BCUT2D eigenvalue weighted by atomic mass is 9.89. The molecule has 1 N–H and O–H groups in total. The highest BCUT2D eigenvalue weighted by Crippen LogP contribution is 2.38. The van der Waals surface area contributed by atoms with Gasteiger partial charge in [-0.25, -0.2) is 0 Å². The van der Waals surface area contributed by atoms with Gasteiger partial charge >= 0.3 is 17.9 Å². The quantitative estimate of drug-likeness (QED) is 0.307. The average Bonchev–Trinajstić information content (AvgIpc) is 2.92. The molecule has 0 bridgehead atoms. The predicted molar refractivity (Wildman–Crippen MR) is 160 cm³/mol. The molecule has 0 aromatic heterocycles. The molecule has 3 rings (SSSR count). The van der Waals surface area contributed by atoms with E-state index in [1.54, 1.807) is 86.6 Å². The molecule has 0 spiro atoms. The summed E-state index contributed by atoms with van der Waals surface area (Å²) in [6.45, 7) is 15.3. The Morgan fingerprint density at radius 2 is 1.30 bits per heavy atom. The summed E-state index contributed by atoms with van der Waals surface area (Å²) in [6.07, 6.45) is -6.08. The number of hydrogen-bond donors (Lipinski definition) is 1. The number of esters is 3. The van der Waals surface area contributed by atoms with E-state index in [-0.39, 0.29) is 6.61 Å². The molecule has 5 atom stereocenters. The molecular weight excluding hydrogens is 552 g/mol. The first-order chi connectivity index (χ1) is 19.9. The average molecular weight is 599 g/mol. The number of benzene rings is 2. The van der Waals surface area contributed by atoms with Gasteiger partial charge in [0.15, 0.2) is 12.2 Å². The third kappa shape index (κ3) is 9.28. The highest BCUT2D eigenvalue weighted by molar-refractivity contribution is 5.77. The van der Waals surface area contributed by atoms with Crippen LogP contribution in [0.5, 0.6) is 5.75 Å². The second-order valence-electron chi connectivity index (χ2n) is 14.0. The predicted octanol–water partition coefficient (Wildman–Crippen LogP) is 5.57. The molecule has 0 aliphatic carbocycles. The summed E-state index contributed by atoms with van der Waals surface area (Å²) < 4.78 is 29.6. The van der Waals surface area contributed by atoms with Crippen LogP contribution in [-0.4, -0.2) is 54.0 Å². The molecule has 0 amide bonds. The van der Waals surface area contributed by atoms with Crippen LogP contribution >= 0.6 is 0 Å². The van der Waals surface area contributed by atoms with Crippen molar-refractivity contribution in [1.82, 2.24) is 0 Å². The van der Waals surface area contributed by atoms with Crippen LogP contribution in [0.25, 0.3) is 0 Å². The Kier molecular flexibility index (Phi) is 10.7. The van der Waals surface area contributed by atoms with Gasteiger partial charge in [-0.2, -0.15) is 0 Å². The standard InChI is InChI=1S/C34H46O9/c1-32(2,3)29(36)40-20-24-27(42-30(37)33(4,5)6)28(43-31(38)34(7,8)9)25(35)26(41-24)22-16-13-17-23(18-22)39-19-21-14-11-10-12-15-21/h10-18,24-28,35H,19-20H2,1-9H3/t24-,25+,26-,27-,28-/m1/s1. The molecular formula is C34H46O9. The first kappa shape index (κ1) is 34.1. The molecule has 1 aliphatic rings. The monoisotopic (exact) mass is 598 g/mol. The summed E-state index contributed by atoms with van der Waals surface area (Å²) in [5, 5.41) is 11.7. The zero-order valence-electron chi connectivity index (χ0n) is 26.7. The molecule has 1 saturated heterocycles. The fourth-order valence-electron chi connectivity index (χ4n) is 4.11. The van der Waals surface area contributed by atoms with E-state index in [0.29, 0.717) is 17.9 Å². The van der Waals surface area contributed by atoms with Crippen LogP contribution in [-0.2, 0) is 39.9 Å². The number of carbonyl (C=O) groups is 3. The van der Waals surface area contributed by atoms with Gasteiger partial charge in [-0.15, -0.1) is 0 Å². The molecule has 43 heavy (non-hydrogen) atoms. The number of aliphatic hydroxyl groups is 1. The van der Waals surface area contributed by atoms with Crippen molar-refractivity contribution in [3.8, 4) is 5.75 Å². The van der Waals surface area contributed by atoms with Gasteiger partial charge in [0.1, 0.15) is 37.3 Å². The number of hydrogen-bond acceptors (Lipinski definition) is 9. The Bertz CT molecular complexity index is 1250. The van der Waals surface area contributed by atoms with Crippen molar-refractivity contribution in [3.63, 3.8) is 0 Å². The second kappa shape index (κ2) is 13.5. The van der Waals surface area contributed by atoms with E-state index in [4.69, 9.17) is 23.7 Å². The van der Waals surface area contributed by atoms with E-state index in [1.165, 1.54) is 0 Å². The maximum absolute atomic E-state index is 13.1. The van der Waals surface area contributed by atoms with Gasteiger partial charge in [0.05, 0.1) is 16.2 Å². The largest absolute Gasteiger partial charge is 0.489 e. The number of carbonyl (C=O) groups excluding carboxylic acids is 3. The number of aliphatic hydroxyl groups excluding tert-OH is 1. The summed E-state index contributed by atoms with van der Waals surface area (Å²) >= 11 is 0. The molecule has 236 valence electrons. The summed E-state index contributed by atoms with van der Waals surface area (Å²) in [7, 11) is 0. The lowest BCUT2D eigenvalue weighted by Gasteiger charge is -2.44. The third-order valence-corrected chi connectivity index (χ3v) is 6.80. The lowest BCUT2D eigenvalue weighted by molar-refractivity contribution is -0.255. The Morgan fingerprint density at radius 3 is 1.86 bits per heavy atom. The maximum atomic E-state index is 13.1. The Morgan fingerprint density at radius 1 is 0.744 bits per heavy atom. The minimum absolute atomic E-state index is 0.296. The third-order valence-electron chi connectivity index (χ3n) is 6.80. The summed E-state index contributed by atoms with van der Waals surface area (Å²) in [4.78, 5) is 38.9. The topological polar surface area (TPSA) is 118 Å². The summed E-state index contributed by atoms with van der Waals surface area (Å²) in [6, 6.07) is 16.7. The first-order valence-corrected chi connectivity index (χ1v) is 14.6. The summed E-state index contributed by atoms with van der Waals surface area (Å²) in [5.41, 5.74) is -1.08. The van der Waals surface area contributed by atoms with E-state index in [9.17, 15) is 19.5 Å². The van der Waals surface area contributed by atoms with Crippen molar-refractivity contribution in [3.05, 3.63) is 65.7 Å². The molecule has 1 heterocycles. The number of ether oxygens (including phenoxy) is 5. The van der Waals surface area contributed by atoms with Crippen LogP contribution in [0.1, 0.15) is 79.5 Å². The minimum Gasteiger partial charge on any atom is -0.489 e. The minimum atomic E-state index is -1.43. The molecule has 9 heteroatoms. The molecule has 0 unspecified atom stereocenters. The van der Waals surface area contributed by atoms with E-state index in [1.807, 2.05) is 30.3 Å². The summed E-state index contributed by atoms with van der Waals surface area (Å²) in [5.74, 6) is -1.14. The van der Waals surface area contributed by atoms with Gasteiger partial charge < -0.3 is 28.8 Å². The highest BCUT2D eigenvalue weighted by Gasteiger charge is 2.52. The number of rotatable bonds is 8. The zero-order chi connectivity index (χ0) is 32.2. The Balaban J connectivity index is 1.99. The van der Waals surface area contributed by atoms with Crippen molar-refractivity contribution < 1.29 is 43.2 Å².